The van der Waals surface area contributed by atoms with Crippen molar-refractivity contribution in [3.63, 3.8) is 0 Å². The number of hydrogen-bond donors (Lipinski definition) is 0. The Bertz CT molecular complexity index is 803. The van der Waals surface area contributed by atoms with Crippen molar-refractivity contribution in [3.05, 3.63) is 48.2 Å². The van der Waals surface area contributed by atoms with E-state index in [1.54, 1.807) is 6.08 Å². The van der Waals surface area contributed by atoms with Gasteiger partial charge in [-0.05, 0) is 37.5 Å². The predicted octanol–water partition coefficient (Wildman–Crippen LogP) is 3.10. The molecular formula is C23H30N2O4. The second kappa shape index (κ2) is 8.82. The summed E-state index contributed by atoms with van der Waals surface area (Å²) in [7, 11) is 0. The number of rotatable bonds is 7. The maximum Gasteiger partial charge on any atom is 0.278 e. The molecule has 6 heteroatoms. The zero-order valence-corrected chi connectivity index (χ0v) is 17.7. The van der Waals surface area contributed by atoms with Gasteiger partial charge in [0.05, 0.1) is 24.4 Å². The van der Waals surface area contributed by atoms with Crippen LogP contribution in [0.2, 0.25) is 0 Å². The topological polar surface area (TPSA) is 59.1 Å². The number of amides is 2. The van der Waals surface area contributed by atoms with Crippen molar-refractivity contribution in [2.75, 3.05) is 26.2 Å². The summed E-state index contributed by atoms with van der Waals surface area (Å²) in [4.78, 5) is 29.5. The lowest BCUT2D eigenvalue weighted by Gasteiger charge is -2.37. The third-order valence-electron chi connectivity index (χ3n) is 4.92. The Kier molecular flexibility index (Phi) is 6.42. The van der Waals surface area contributed by atoms with Crippen LogP contribution in [0.3, 0.4) is 0 Å². The van der Waals surface area contributed by atoms with Gasteiger partial charge in [-0.2, -0.15) is 0 Å². The van der Waals surface area contributed by atoms with Gasteiger partial charge in [0.2, 0.25) is 0 Å². The van der Waals surface area contributed by atoms with Crippen molar-refractivity contribution >= 4 is 17.4 Å². The van der Waals surface area contributed by atoms with Crippen molar-refractivity contribution in [2.24, 2.45) is 5.92 Å². The van der Waals surface area contributed by atoms with Gasteiger partial charge in [0.15, 0.2) is 0 Å². The molecule has 2 aliphatic rings. The Morgan fingerprint density at radius 1 is 1.14 bits per heavy atom. The second-order valence-electron chi connectivity index (χ2n) is 8.12. The highest BCUT2D eigenvalue weighted by Gasteiger charge is 2.42. The molecule has 2 amide bonds. The van der Waals surface area contributed by atoms with Crippen LogP contribution in [0.1, 0.15) is 33.3 Å². The molecule has 1 aromatic rings. The minimum Gasteiger partial charge on any atom is -0.493 e. The average molecular weight is 399 g/mol. The van der Waals surface area contributed by atoms with Crippen LogP contribution in [0, 0.1) is 5.92 Å². The van der Waals surface area contributed by atoms with Crippen LogP contribution in [0.15, 0.2) is 42.6 Å². The van der Waals surface area contributed by atoms with Crippen molar-refractivity contribution in [2.45, 2.75) is 39.9 Å². The molecule has 156 valence electrons. The summed E-state index contributed by atoms with van der Waals surface area (Å²) >= 11 is 0. The van der Waals surface area contributed by atoms with E-state index in [2.05, 4.69) is 20.4 Å². The molecule has 29 heavy (non-hydrogen) atoms. The molecule has 1 saturated heterocycles. The first-order chi connectivity index (χ1) is 13.8. The van der Waals surface area contributed by atoms with Gasteiger partial charge < -0.3 is 14.4 Å². The maximum absolute atomic E-state index is 13.1. The first-order valence-corrected chi connectivity index (χ1v) is 10.2. The molecule has 0 aromatic heterocycles. The maximum atomic E-state index is 13.1. The summed E-state index contributed by atoms with van der Waals surface area (Å²) in [5.74, 6) is 0.618. The normalized spacial score (nSPS) is 22.7. The van der Waals surface area contributed by atoms with Gasteiger partial charge in [0, 0.05) is 19.6 Å². The van der Waals surface area contributed by atoms with E-state index < -0.39 is 0 Å². The third-order valence-corrected chi connectivity index (χ3v) is 4.92. The highest BCUT2D eigenvalue weighted by molar-refractivity contribution is 6.35. The van der Waals surface area contributed by atoms with Gasteiger partial charge in [-0.3, -0.25) is 14.5 Å². The van der Waals surface area contributed by atoms with Crippen LogP contribution < -0.4 is 4.74 Å². The lowest BCUT2D eigenvalue weighted by Crippen LogP contribution is -2.47. The molecule has 3 rings (SSSR count). The lowest BCUT2D eigenvalue weighted by molar-refractivity contribution is -0.137. The van der Waals surface area contributed by atoms with Crippen molar-refractivity contribution in [1.29, 1.82) is 0 Å². The van der Waals surface area contributed by atoms with Crippen LogP contribution in [-0.2, 0) is 14.3 Å². The van der Waals surface area contributed by atoms with Crippen LogP contribution >= 0.6 is 0 Å². The first kappa shape index (κ1) is 21.1. The summed E-state index contributed by atoms with van der Waals surface area (Å²) in [6, 6.07) is 7.39. The number of hydrogen-bond acceptors (Lipinski definition) is 5. The highest BCUT2D eigenvalue weighted by Crippen LogP contribution is 2.33. The smallest absolute Gasteiger partial charge is 0.278 e. The van der Waals surface area contributed by atoms with Gasteiger partial charge in [-0.15, -0.1) is 6.58 Å². The largest absolute Gasteiger partial charge is 0.493 e. The molecule has 2 aliphatic heterocycles. The van der Waals surface area contributed by atoms with E-state index in [1.165, 1.54) is 4.90 Å². The van der Waals surface area contributed by atoms with E-state index >= 15 is 0 Å². The Hall–Kier alpha value is -2.60. The molecule has 2 unspecified atom stereocenters. The molecule has 1 fully saturated rings. The molecule has 0 bridgehead atoms. The molecule has 1 aromatic carbocycles. The van der Waals surface area contributed by atoms with Crippen LogP contribution in [-0.4, -0.2) is 60.1 Å². The molecular weight excluding hydrogens is 368 g/mol. The predicted molar refractivity (Wildman–Crippen MR) is 112 cm³/mol. The number of carbonyl (C=O) groups excluding carboxylic acids is 2. The van der Waals surface area contributed by atoms with E-state index in [4.69, 9.17) is 9.47 Å². The summed E-state index contributed by atoms with van der Waals surface area (Å²) in [6.45, 7) is 13.8. The average Bonchev–Trinajstić information content (AvgIpc) is 2.91. The standard InChI is InChI=1S/C23H30N2O4/c1-6-11-25-22(26)20(18-7-9-19(10-8-18)28-14-15(2)3)21(23(25)27)24-12-16(4)29-17(5)13-24/h6-10,15-17H,1,11-14H2,2-5H3. The van der Waals surface area contributed by atoms with Gasteiger partial charge >= 0.3 is 0 Å². The first-order valence-electron chi connectivity index (χ1n) is 10.2. The summed E-state index contributed by atoms with van der Waals surface area (Å²) in [6.07, 6.45) is 1.54. The fraction of sp³-hybridized carbons (Fsp3) is 0.478. The Balaban J connectivity index is 1.97. The van der Waals surface area contributed by atoms with Crippen molar-refractivity contribution in [1.82, 2.24) is 9.80 Å². The van der Waals surface area contributed by atoms with E-state index in [9.17, 15) is 9.59 Å². The minimum atomic E-state index is -0.285. The summed E-state index contributed by atoms with van der Waals surface area (Å²) in [5.41, 5.74) is 1.61. The molecule has 0 aliphatic carbocycles. The molecule has 2 heterocycles. The quantitative estimate of drug-likeness (QED) is 0.522. The van der Waals surface area contributed by atoms with E-state index in [0.29, 0.717) is 42.4 Å². The monoisotopic (exact) mass is 398 g/mol. The fourth-order valence-corrected chi connectivity index (χ4v) is 3.75. The second-order valence-corrected chi connectivity index (χ2v) is 8.12. The molecule has 0 saturated carbocycles. The number of carbonyl (C=O) groups is 2. The fourth-order valence-electron chi connectivity index (χ4n) is 3.75. The summed E-state index contributed by atoms with van der Waals surface area (Å²) < 4.78 is 11.6. The number of imide groups is 1. The molecule has 6 nitrogen and oxygen atoms in total. The third kappa shape index (κ3) is 4.53. The van der Waals surface area contributed by atoms with Gasteiger partial charge in [-0.1, -0.05) is 32.1 Å². The zero-order chi connectivity index (χ0) is 21.1. The van der Waals surface area contributed by atoms with E-state index in [-0.39, 0.29) is 30.6 Å². The van der Waals surface area contributed by atoms with E-state index in [0.717, 1.165) is 5.75 Å². The molecule has 2 atom stereocenters. The lowest BCUT2D eigenvalue weighted by atomic mass is 10.0. The number of morpholine rings is 1. The van der Waals surface area contributed by atoms with Gasteiger partial charge in [0.25, 0.3) is 11.8 Å². The van der Waals surface area contributed by atoms with Crippen molar-refractivity contribution < 1.29 is 19.1 Å². The van der Waals surface area contributed by atoms with Crippen LogP contribution in [0.4, 0.5) is 0 Å². The summed E-state index contributed by atoms with van der Waals surface area (Å²) in [5, 5.41) is 0. The Morgan fingerprint density at radius 3 is 2.31 bits per heavy atom. The van der Waals surface area contributed by atoms with Crippen LogP contribution in [0.5, 0.6) is 5.75 Å². The number of benzene rings is 1. The number of nitrogens with zero attached hydrogens (tertiary/aromatic N) is 2. The Labute approximate surface area is 172 Å². The molecule has 0 radical (unpaired) electrons. The SMILES string of the molecule is C=CCN1C(=O)C(c2ccc(OCC(C)C)cc2)=C(N2CC(C)OC(C)C2)C1=O. The van der Waals surface area contributed by atoms with Gasteiger partial charge in [-0.25, -0.2) is 0 Å². The minimum absolute atomic E-state index is 0.0179. The molecule has 0 N–H and O–H groups in total. The molecule has 0 spiro atoms. The number of ether oxygens (including phenoxy) is 2. The Morgan fingerprint density at radius 2 is 1.76 bits per heavy atom. The van der Waals surface area contributed by atoms with Crippen molar-refractivity contribution in [3.8, 4) is 5.75 Å². The van der Waals surface area contributed by atoms with Crippen LogP contribution in [0.25, 0.3) is 5.57 Å². The van der Waals surface area contributed by atoms with E-state index in [1.807, 2.05) is 43.0 Å². The van der Waals surface area contributed by atoms with Gasteiger partial charge in [0.1, 0.15) is 11.4 Å². The highest BCUT2D eigenvalue weighted by atomic mass is 16.5. The zero-order valence-electron chi connectivity index (χ0n) is 17.7.